The van der Waals surface area contributed by atoms with Gasteiger partial charge in [-0.3, -0.25) is 4.79 Å². The van der Waals surface area contributed by atoms with Gasteiger partial charge in [0.15, 0.2) is 0 Å². The number of halogens is 2. The van der Waals surface area contributed by atoms with E-state index in [4.69, 9.17) is 33.4 Å². The summed E-state index contributed by atoms with van der Waals surface area (Å²) < 4.78 is 0. The minimum atomic E-state index is -1.22. The van der Waals surface area contributed by atoms with Crippen LogP contribution in [-0.2, 0) is 4.79 Å². The molecule has 0 bridgehead atoms. The highest BCUT2D eigenvalue weighted by atomic mass is 35.5. The summed E-state index contributed by atoms with van der Waals surface area (Å²) in [6, 6.07) is 0. The number of aliphatic hydroxyl groups is 1. The zero-order chi connectivity index (χ0) is 7.44. The lowest BCUT2D eigenvalue weighted by atomic mass is 10.3. The Kier molecular flexibility index (Phi) is 3.93. The number of hydrogen-bond donors (Lipinski definition) is 2. The summed E-state index contributed by atoms with van der Waals surface area (Å²) in [5.74, 6) is -1.22. The lowest BCUT2D eigenvalue weighted by Crippen LogP contribution is -2.27. The van der Waals surface area contributed by atoms with Gasteiger partial charge < -0.3 is 10.2 Å². The summed E-state index contributed by atoms with van der Waals surface area (Å²) in [4.78, 5) is 9.97. The molecule has 0 aliphatic heterocycles. The van der Waals surface area contributed by atoms with Gasteiger partial charge >= 0.3 is 5.97 Å². The van der Waals surface area contributed by atoms with Crippen LogP contribution in [0.5, 0.6) is 0 Å². The molecule has 0 spiro atoms. The van der Waals surface area contributed by atoms with Gasteiger partial charge in [0.05, 0.1) is 12.0 Å². The molecule has 2 N–H and O–H groups in total. The van der Waals surface area contributed by atoms with Crippen LogP contribution in [0.1, 0.15) is 0 Å². The zero-order valence-corrected chi connectivity index (χ0v) is 5.93. The van der Waals surface area contributed by atoms with Crippen LogP contribution in [0.3, 0.4) is 0 Å². The van der Waals surface area contributed by atoms with E-state index in [0.717, 1.165) is 0 Å². The summed E-state index contributed by atoms with van der Waals surface area (Å²) in [5, 5.41) is 14.3. The van der Waals surface area contributed by atoms with Crippen molar-refractivity contribution in [2.24, 2.45) is 0 Å². The molecular weight excluding hydrogens is 167 g/mol. The Balaban J connectivity index is 3.72. The average Bonchev–Trinajstić information content (AvgIpc) is 1.84. The Labute approximate surface area is 62.2 Å². The Hall–Kier alpha value is 0.01000. The summed E-state index contributed by atoms with van der Waals surface area (Å²) in [7, 11) is 0. The number of alkyl halides is 2. The highest BCUT2D eigenvalue weighted by Gasteiger charge is 2.22. The molecule has 0 aromatic carbocycles. The molecule has 0 saturated heterocycles. The Morgan fingerprint density at radius 1 is 1.56 bits per heavy atom. The molecule has 0 rings (SSSR count). The van der Waals surface area contributed by atoms with Crippen LogP contribution in [0.15, 0.2) is 0 Å². The standard InChI is InChI=1S/C4H6Cl2O3/c5-2(1-7)3(6)4(8)9/h2-3,7H,1H2,(H,8,9)/t2-,3+/m1/s1. The molecule has 0 aliphatic carbocycles. The van der Waals surface area contributed by atoms with Crippen molar-refractivity contribution in [2.75, 3.05) is 6.61 Å². The van der Waals surface area contributed by atoms with E-state index in [-0.39, 0.29) is 0 Å². The van der Waals surface area contributed by atoms with Gasteiger partial charge in [-0.2, -0.15) is 0 Å². The highest BCUT2D eigenvalue weighted by molar-refractivity contribution is 6.36. The Bertz CT molecular complexity index is 106. The minimum Gasteiger partial charge on any atom is -0.480 e. The van der Waals surface area contributed by atoms with Gasteiger partial charge in [0.2, 0.25) is 0 Å². The number of carboxylic acids is 1. The van der Waals surface area contributed by atoms with Crippen LogP contribution in [-0.4, -0.2) is 33.5 Å². The van der Waals surface area contributed by atoms with Crippen LogP contribution >= 0.6 is 23.2 Å². The molecule has 3 nitrogen and oxygen atoms in total. The van der Waals surface area contributed by atoms with Crippen LogP contribution in [0.25, 0.3) is 0 Å². The van der Waals surface area contributed by atoms with Gasteiger partial charge in [-0.15, -0.1) is 23.2 Å². The van der Waals surface area contributed by atoms with Crippen LogP contribution in [0, 0.1) is 0 Å². The number of carboxylic acid groups (broad SMARTS) is 1. The van der Waals surface area contributed by atoms with E-state index in [1.807, 2.05) is 0 Å². The van der Waals surface area contributed by atoms with Gasteiger partial charge in [-0.05, 0) is 0 Å². The lowest BCUT2D eigenvalue weighted by Gasteiger charge is -2.06. The molecule has 0 aromatic heterocycles. The third kappa shape index (κ3) is 2.89. The summed E-state index contributed by atoms with van der Waals surface area (Å²) in [6.07, 6.45) is 0. The fourth-order valence-electron chi connectivity index (χ4n) is 0.247. The molecule has 0 saturated carbocycles. The number of aliphatic carboxylic acids is 1. The van der Waals surface area contributed by atoms with E-state index >= 15 is 0 Å². The van der Waals surface area contributed by atoms with Crippen molar-refractivity contribution < 1.29 is 15.0 Å². The molecule has 0 fully saturated rings. The van der Waals surface area contributed by atoms with E-state index in [1.165, 1.54) is 0 Å². The first-order valence-corrected chi connectivity index (χ1v) is 3.08. The molecule has 54 valence electrons. The maximum Gasteiger partial charge on any atom is 0.323 e. The largest absolute Gasteiger partial charge is 0.480 e. The highest BCUT2D eigenvalue weighted by Crippen LogP contribution is 2.08. The average molecular weight is 173 g/mol. The first kappa shape index (κ1) is 9.01. The first-order valence-electron chi connectivity index (χ1n) is 2.21. The smallest absolute Gasteiger partial charge is 0.323 e. The first-order chi connectivity index (χ1) is 4.09. The topological polar surface area (TPSA) is 57.5 Å². The third-order valence-corrected chi connectivity index (χ3v) is 1.74. The molecule has 0 aliphatic rings. The van der Waals surface area contributed by atoms with Crippen LogP contribution in [0.4, 0.5) is 0 Å². The van der Waals surface area contributed by atoms with Gasteiger partial charge in [0.1, 0.15) is 5.38 Å². The molecule has 5 heteroatoms. The minimum absolute atomic E-state index is 0.429. The molecule has 0 heterocycles. The van der Waals surface area contributed by atoms with Crippen molar-refractivity contribution in [1.82, 2.24) is 0 Å². The van der Waals surface area contributed by atoms with E-state index in [2.05, 4.69) is 0 Å². The maximum atomic E-state index is 9.97. The van der Waals surface area contributed by atoms with E-state index in [0.29, 0.717) is 0 Å². The van der Waals surface area contributed by atoms with Crippen LogP contribution < -0.4 is 0 Å². The second-order valence-electron chi connectivity index (χ2n) is 1.44. The monoisotopic (exact) mass is 172 g/mol. The number of rotatable bonds is 3. The van der Waals surface area contributed by atoms with Gasteiger partial charge in [0, 0.05) is 0 Å². The Morgan fingerprint density at radius 3 is 2.11 bits per heavy atom. The number of hydrogen-bond acceptors (Lipinski definition) is 2. The number of carbonyl (C=O) groups is 1. The second-order valence-corrected chi connectivity index (χ2v) is 2.47. The molecule has 0 radical (unpaired) electrons. The third-order valence-electron chi connectivity index (χ3n) is 0.728. The van der Waals surface area contributed by atoms with E-state index in [9.17, 15) is 4.79 Å². The summed E-state index contributed by atoms with van der Waals surface area (Å²) >= 11 is 10.4. The number of aliphatic hydroxyl groups excluding tert-OH is 1. The second kappa shape index (κ2) is 3.93. The van der Waals surface area contributed by atoms with E-state index in [1.54, 1.807) is 0 Å². The van der Waals surface area contributed by atoms with Crippen molar-refractivity contribution >= 4 is 29.2 Å². The molecule has 0 unspecified atom stereocenters. The predicted octanol–water partition coefficient (Wildman–Crippen LogP) is 0.278. The van der Waals surface area contributed by atoms with Crippen molar-refractivity contribution in [3.63, 3.8) is 0 Å². The van der Waals surface area contributed by atoms with Crippen molar-refractivity contribution in [3.05, 3.63) is 0 Å². The fourth-order valence-corrected chi connectivity index (χ4v) is 0.435. The molecule has 9 heavy (non-hydrogen) atoms. The van der Waals surface area contributed by atoms with Gasteiger partial charge in [-0.1, -0.05) is 0 Å². The van der Waals surface area contributed by atoms with Gasteiger partial charge in [0.25, 0.3) is 0 Å². The predicted molar refractivity (Wildman–Crippen MR) is 34.0 cm³/mol. The Morgan fingerprint density at radius 2 is 2.00 bits per heavy atom. The van der Waals surface area contributed by atoms with Gasteiger partial charge in [-0.25, -0.2) is 0 Å². The SMILES string of the molecule is O=C(O)[C@@H](Cl)[C@H](Cl)CO. The molecule has 2 atom stereocenters. The summed E-state index contributed by atoms with van der Waals surface area (Å²) in [6.45, 7) is -0.429. The quantitative estimate of drug-likeness (QED) is 0.602. The summed E-state index contributed by atoms with van der Waals surface area (Å²) in [5.41, 5.74) is 0. The van der Waals surface area contributed by atoms with Crippen LogP contribution in [0.2, 0.25) is 0 Å². The molecule has 0 amide bonds. The zero-order valence-electron chi connectivity index (χ0n) is 4.42. The lowest BCUT2D eigenvalue weighted by molar-refractivity contribution is -0.136. The van der Waals surface area contributed by atoms with Crippen molar-refractivity contribution in [3.8, 4) is 0 Å². The molecule has 0 aromatic rings. The normalized spacial score (nSPS) is 16.8. The van der Waals surface area contributed by atoms with Crippen molar-refractivity contribution in [2.45, 2.75) is 10.8 Å². The van der Waals surface area contributed by atoms with E-state index < -0.39 is 23.3 Å². The maximum absolute atomic E-state index is 9.97. The fraction of sp³-hybridized carbons (Fsp3) is 0.750. The van der Waals surface area contributed by atoms with Crippen molar-refractivity contribution in [1.29, 1.82) is 0 Å². The molecular formula is C4H6Cl2O3.